The van der Waals surface area contributed by atoms with Gasteiger partial charge in [-0.1, -0.05) is 0 Å². The third-order valence-electron chi connectivity index (χ3n) is 2.69. The van der Waals surface area contributed by atoms with Crippen LogP contribution >= 0.6 is 0 Å². The van der Waals surface area contributed by atoms with E-state index in [1.54, 1.807) is 0 Å². The van der Waals surface area contributed by atoms with E-state index in [4.69, 9.17) is 20.3 Å². The van der Waals surface area contributed by atoms with E-state index in [-0.39, 0.29) is 19.2 Å². The van der Waals surface area contributed by atoms with Gasteiger partial charge in [0.05, 0.1) is 19.4 Å². The summed E-state index contributed by atoms with van der Waals surface area (Å²) in [5.74, 6) is 0.00636. The number of nitrogens with one attached hydrogen (secondary N) is 1. The van der Waals surface area contributed by atoms with Crippen molar-refractivity contribution in [3.05, 3.63) is 22.2 Å². The number of aromatic nitrogens is 4. The van der Waals surface area contributed by atoms with Crippen LogP contribution in [0.2, 0.25) is 0 Å². The molecule has 1 fully saturated rings. The number of nitrogens with two attached hydrogens (primary N) is 1. The molecule has 9 nitrogen and oxygen atoms in total. The molecule has 2 atom stereocenters. The Kier molecular flexibility index (Phi) is 2.51. The fourth-order valence-electron chi connectivity index (χ4n) is 1.88. The van der Waals surface area contributed by atoms with Crippen molar-refractivity contribution in [2.45, 2.75) is 12.4 Å². The largest absolute Gasteiger partial charge is 0.391 e. The maximum Gasteiger partial charge on any atom is 0.373 e. The van der Waals surface area contributed by atoms with Gasteiger partial charge in [0.1, 0.15) is 11.8 Å². The Morgan fingerprint density at radius 3 is 3.22 bits per heavy atom. The maximum absolute atomic E-state index is 11.5. The Bertz CT molecular complexity index is 635. The molecule has 3 heterocycles. The van der Waals surface area contributed by atoms with E-state index in [2.05, 4.69) is 15.1 Å². The predicted octanol–water partition coefficient (Wildman–Crippen LogP) is -1.59. The van der Waals surface area contributed by atoms with Gasteiger partial charge in [0, 0.05) is 5.56 Å². The molecule has 0 radical (unpaired) electrons. The molecule has 1 aliphatic rings. The lowest BCUT2D eigenvalue weighted by atomic mass is 10.2. The topological polar surface area (TPSA) is 128 Å². The highest BCUT2D eigenvalue weighted by Crippen LogP contribution is 2.28. The van der Waals surface area contributed by atoms with Crippen LogP contribution in [0.3, 0.4) is 0 Å². The minimum Gasteiger partial charge on any atom is -0.391 e. The molecule has 9 heteroatoms. The normalized spacial score (nSPS) is 23.8. The number of hydrogen-bond donors (Lipinski definition) is 3. The number of aromatic amines is 1. The highest BCUT2D eigenvalue weighted by molar-refractivity contribution is 5.49. The van der Waals surface area contributed by atoms with Crippen molar-refractivity contribution in [2.75, 3.05) is 18.9 Å². The Hall–Kier alpha value is -1.97. The van der Waals surface area contributed by atoms with E-state index in [0.29, 0.717) is 11.2 Å². The van der Waals surface area contributed by atoms with Gasteiger partial charge >= 0.3 is 5.69 Å². The minimum atomic E-state index is -0.657. The number of rotatable bonds is 2. The second kappa shape index (κ2) is 4.05. The summed E-state index contributed by atoms with van der Waals surface area (Å²) in [4.78, 5) is 17.8. The van der Waals surface area contributed by atoms with Gasteiger partial charge in [0.25, 0.3) is 0 Å². The van der Waals surface area contributed by atoms with Crippen LogP contribution in [0.5, 0.6) is 0 Å². The summed E-state index contributed by atoms with van der Waals surface area (Å²) in [6, 6.07) is 0. The highest BCUT2D eigenvalue weighted by Gasteiger charge is 2.29. The van der Waals surface area contributed by atoms with Crippen LogP contribution in [-0.2, 0) is 9.47 Å². The first-order valence-electron chi connectivity index (χ1n) is 5.30. The van der Waals surface area contributed by atoms with Crippen LogP contribution < -0.4 is 11.4 Å². The smallest absolute Gasteiger partial charge is 0.373 e. The molecular weight excluding hydrogens is 242 g/mol. The van der Waals surface area contributed by atoms with Crippen molar-refractivity contribution in [1.29, 1.82) is 0 Å². The molecule has 3 rings (SSSR count). The monoisotopic (exact) mass is 253 g/mol. The molecule has 96 valence electrons. The van der Waals surface area contributed by atoms with E-state index in [0.717, 1.165) is 4.52 Å². The van der Waals surface area contributed by atoms with Crippen molar-refractivity contribution in [3.8, 4) is 0 Å². The summed E-state index contributed by atoms with van der Waals surface area (Å²) < 4.78 is 11.7. The van der Waals surface area contributed by atoms with Crippen molar-refractivity contribution < 1.29 is 14.6 Å². The highest BCUT2D eigenvalue weighted by atomic mass is 16.7. The molecule has 1 aliphatic heterocycles. The summed E-state index contributed by atoms with van der Waals surface area (Å²) in [5, 5.41) is 12.8. The first kappa shape index (κ1) is 11.1. The number of fused-ring (bicyclic) bond motifs is 1. The lowest BCUT2D eigenvalue weighted by molar-refractivity contribution is -0.0880. The minimum absolute atomic E-state index is 0.00636. The first-order chi connectivity index (χ1) is 8.69. The fraction of sp³-hybridized carbons (Fsp3) is 0.444. The quantitative estimate of drug-likeness (QED) is 0.588. The van der Waals surface area contributed by atoms with Gasteiger partial charge in [-0.2, -0.15) is 14.6 Å². The Morgan fingerprint density at radius 2 is 2.50 bits per heavy atom. The summed E-state index contributed by atoms with van der Waals surface area (Å²) in [6.45, 7) is 0.0484. The molecule has 2 unspecified atom stereocenters. The van der Waals surface area contributed by atoms with Crippen molar-refractivity contribution >= 4 is 11.6 Å². The number of ether oxygens (including phenoxy) is 2. The van der Waals surface area contributed by atoms with Crippen molar-refractivity contribution in [1.82, 2.24) is 19.6 Å². The second-order valence-corrected chi connectivity index (χ2v) is 3.84. The Morgan fingerprint density at radius 1 is 1.67 bits per heavy atom. The SMILES string of the molecule is Nc1nc(=O)n2ncc(C3COC(CO)O3)c2[nH]1. The number of anilines is 1. The zero-order valence-corrected chi connectivity index (χ0v) is 9.24. The van der Waals surface area contributed by atoms with Gasteiger partial charge in [-0.15, -0.1) is 0 Å². The van der Waals surface area contributed by atoms with Gasteiger partial charge in [-0.3, -0.25) is 0 Å². The van der Waals surface area contributed by atoms with Crippen LogP contribution in [-0.4, -0.2) is 44.2 Å². The standard InChI is InChI=1S/C9H11N5O4/c10-8-12-7-4(1-11-14(7)9(16)13-8)5-3-17-6(2-15)18-5/h1,5-6,15H,2-3H2,(H3,10,12,13,16). The third kappa shape index (κ3) is 1.65. The van der Waals surface area contributed by atoms with E-state index in [9.17, 15) is 4.79 Å². The van der Waals surface area contributed by atoms with Crippen LogP contribution in [0.1, 0.15) is 11.7 Å². The molecule has 0 aromatic carbocycles. The fourth-order valence-corrected chi connectivity index (χ4v) is 1.88. The van der Waals surface area contributed by atoms with E-state index in [1.165, 1.54) is 6.20 Å². The molecule has 0 amide bonds. The number of aliphatic hydroxyl groups excluding tert-OH is 1. The third-order valence-corrected chi connectivity index (χ3v) is 2.69. The van der Waals surface area contributed by atoms with E-state index in [1.807, 2.05) is 0 Å². The van der Waals surface area contributed by atoms with Crippen molar-refractivity contribution in [2.24, 2.45) is 0 Å². The Labute approximate surface area is 100 Å². The molecule has 4 N–H and O–H groups in total. The molecule has 1 saturated heterocycles. The molecule has 0 aliphatic carbocycles. The lowest BCUT2D eigenvalue weighted by Gasteiger charge is -2.07. The molecular formula is C9H11N5O4. The number of hydrogen-bond acceptors (Lipinski definition) is 7. The van der Waals surface area contributed by atoms with Crippen LogP contribution in [0, 0.1) is 0 Å². The van der Waals surface area contributed by atoms with Crippen LogP contribution in [0.4, 0.5) is 5.95 Å². The molecule has 18 heavy (non-hydrogen) atoms. The molecule has 0 bridgehead atoms. The van der Waals surface area contributed by atoms with Crippen LogP contribution in [0.15, 0.2) is 11.0 Å². The summed E-state index contributed by atoms with van der Waals surface area (Å²) in [6.07, 6.45) is 0.426. The van der Waals surface area contributed by atoms with E-state index < -0.39 is 18.1 Å². The summed E-state index contributed by atoms with van der Waals surface area (Å²) >= 11 is 0. The summed E-state index contributed by atoms with van der Waals surface area (Å²) in [7, 11) is 0. The van der Waals surface area contributed by atoms with E-state index >= 15 is 0 Å². The lowest BCUT2D eigenvalue weighted by Crippen LogP contribution is -2.20. The van der Waals surface area contributed by atoms with Crippen LogP contribution in [0.25, 0.3) is 5.65 Å². The number of H-pyrrole nitrogens is 1. The number of nitrogen functional groups attached to an aromatic ring is 1. The van der Waals surface area contributed by atoms with Crippen molar-refractivity contribution in [3.63, 3.8) is 0 Å². The second-order valence-electron chi connectivity index (χ2n) is 3.84. The molecule has 0 saturated carbocycles. The number of nitrogens with zero attached hydrogens (tertiary/aromatic N) is 3. The summed E-state index contributed by atoms with van der Waals surface area (Å²) in [5.41, 5.74) is 5.97. The maximum atomic E-state index is 11.5. The van der Waals surface area contributed by atoms with Gasteiger partial charge in [-0.05, 0) is 0 Å². The Balaban J connectivity index is 2.05. The first-order valence-corrected chi connectivity index (χ1v) is 5.30. The molecule has 2 aromatic heterocycles. The average molecular weight is 253 g/mol. The molecule has 2 aromatic rings. The van der Waals surface area contributed by atoms with Gasteiger partial charge < -0.3 is 25.3 Å². The number of aliphatic hydroxyl groups is 1. The zero-order valence-electron chi connectivity index (χ0n) is 9.24. The van der Waals surface area contributed by atoms with Gasteiger partial charge in [0.15, 0.2) is 6.29 Å². The van der Waals surface area contributed by atoms with Gasteiger partial charge in [0.2, 0.25) is 5.95 Å². The predicted molar refractivity (Wildman–Crippen MR) is 58.7 cm³/mol. The average Bonchev–Trinajstić information content (AvgIpc) is 2.93. The van der Waals surface area contributed by atoms with Gasteiger partial charge in [-0.25, -0.2) is 4.79 Å². The zero-order chi connectivity index (χ0) is 12.7. The molecule has 0 spiro atoms.